The quantitative estimate of drug-likeness (QED) is 0.344. The highest BCUT2D eigenvalue weighted by Crippen LogP contribution is 2.37. The van der Waals surface area contributed by atoms with E-state index in [4.69, 9.17) is 0 Å². The normalized spacial score (nSPS) is 16.9. The fourth-order valence-electron chi connectivity index (χ4n) is 3.87. The number of oxime groups is 1. The van der Waals surface area contributed by atoms with Crippen LogP contribution in [0.1, 0.15) is 12.0 Å². The number of pyridine rings is 1. The number of aromatic nitrogens is 2. The highest BCUT2D eigenvalue weighted by Gasteiger charge is 2.23. The first-order valence-corrected chi connectivity index (χ1v) is 11.1. The number of aromatic amines is 1. The number of halogens is 1. The molecule has 2 N–H and O–H groups in total. The lowest BCUT2D eigenvalue weighted by atomic mass is 10.0. The van der Waals surface area contributed by atoms with E-state index in [0.717, 1.165) is 33.6 Å². The second-order valence-corrected chi connectivity index (χ2v) is 8.81. The molecule has 0 aliphatic carbocycles. The third kappa shape index (κ3) is 3.57. The van der Waals surface area contributed by atoms with Crippen LogP contribution in [-0.2, 0) is 10.8 Å². The van der Waals surface area contributed by atoms with Gasteiger partial charge in [-0.2, -0.15) is 0 Å². The van der Waals surface area contributed by atoms with Crippen molar-refractivity contribution in [2.45, 2.75) is 11.3 Å². The summed E-state index contributed by atoms with van der Waals surface area (Å²) in [5.74, 6) is 0.161. The number of hydrogen-bond donors (Lipinski definition) is 2. The summed E-state index contributed by atoms with van der Waals surface area (Å²) in [6.07, 6.45) is 3.93. The van der Waals surface area contributed by atoms with Gasteiger partial charge in [0.05, 0.1) is 22.2 Å². The van der Waals surface area contributed by atoms with Crippen molar-refractivity contribution in [2.75, 3.05) is 5.75 Å². The van der Waals surface area contributed by atoms with Gasteiger partial charge < -0.3 is 10.2 Å². The Morgan fingerprint density at radius 2 is 1.68 bits per heavy atom. The van der Waals surface area contributed by atoms with Crippen LogP contribution in [0.15, 0.2) is 83.1 Å². The summed E-state index contributed by atoms with van der Waals surface area (Å²) >= 11 is 0. The summed E-state index contributed by atoms with van der Waals surface area (Å²) in [4.78, 5) is 8.24. The van der Waals surface area contributed by atoms with Gasteiger partial charge in [0.1, 0.15) is 5.82 Å². The Morgan fingerprint density at radius 1 is 0.935 bits per heavy atom. The van der Waals surface area contributed by atoms with Crippen molar-refractivity contribution in [1.29, 1.82) is 0 Å². The Kier molecular flexibility index (Phi) is 4.95. The zero-order valence-electron chi connectivity index (χ0n) is 16.4. The molecule has 31 heavy (non-hydrogen) atoms. The lowest BCUT2D eigenvalue weighted by Crippen LogP contribution is -2.17. The summed E-state index contributed by atoms with van der Waals surface area (Å²) in [6, 6.07) is 17.9. The van der Waals surface area contributed by atoms with Crippen LogP contribution < -0.4 is 0 Å². The largest absolute Gasteiger partial charge is 0.411 e. The van der Waals surface area contributed by atoms with E-state index in [9.17, 15) is 13.8 Å². The van der Waals surface area contributed by atoms with Crippen molar-refractivity contribution in [3.63, 3.8) is 0 Å². The Hall–Kier alpha value is -3.58. The molecular weight excluding hydrogens is 413 g/mol. The maximum atomic E-state index is 13.5. The van der Waals surface area contributed by atoms with Crippen LogP contribution in [0.4, 0.5) is 4.39 Å². The molecule has 154 valence electrons. The third-order valence-electron chi connectivity index (χ3n) is 5.43. The van der Waals surface area contributed by atoms with Crippen LogP contribution in [0, 0.1) is 5.82 Å². The highest BCUT2D eigenvalue weighted by atomic mass is 32.2. The van der Waals surface area contributed by atoms with E-state index in [1.165, 1.54) is 12.1 Å². The van der Waals surface area contributed by atoms with Gasteiger partial charge in [0.2, 0.25) is 0 Å². The number of H-pyrrole nitrogens is 1. The average Bonchev–Trinajstić information content (AvgIpc) is 3.26. The van der Waals surface area contributed by atoms with E-state index in [2.05, 4.69) is 15.1 Å². The Morgan fingerprint density at radius 3 is 2.42 bits per heavy atom. The van der Waals surface area contributed by atoms with Crippen molar-refractivity contribution in [2.24, 2.45) is 5.16 Å². The van der Waals surface area contributed by atoms with Gasteiger partial charge in [-0.3, -0.25) is 9.19 Å². The first-order valence-electron chi connectivity index (χ1n) is 9.77. The fourth-order valence-corrected chi connectivity index (χ4v) is 5.11. The van der Waals surface area contributed by atoms with Crippen LogP contribution in [-0.4, -0.2) is 30.8 Å². The Labute approximate surface area is 180 Å². The van der Waals surface area contributed by atoms with Gasteiger partial charge in [0.25, 0.3) is 0 Å². The van der Waals surface area contributed by atoms with E-state index >= 15 is 0 Å². The van der Waals surface area contributed by atoms with Crippen LogP contribution >= 0.6 is 0 Å². The molecule has 1 atom stereocenters. The van der Waals surface area contributed by atoms with Gasteiger partial charge >= 0.3 is 0 Å². The van der Waals surface area contributed by atoms with E-state index in [-0.39, 0.29) is 5.82 Å². The van der Waals surface area contributed by atoms with E-state index in [1.54, 1.807) is 24.5 Å². The molecule has 1 aliphatic heterocycles. The minimum absolute atomic E-state index is 0.292. The van der Waals surface area contributed by atoms with Crippen molar-refractivity contribution in [3.05, 3.63) is 84.4 Å². The number of nitrogens with zero attached hydrogens (tertiary/aromatic N) is 2. The predicted octanol–water partition coefficient (Wildman–Crippen LogP) is 5.24. The van der Waals surface area contributed by atoms with Crippen molar-refractivity contribution in [3.8, 4) is 33.6 Å². The first kappa shape index (κ1) is 19.4. The van der Waals surface area contributed by atoms with Crippen LogP contribution in [0.3, 0.4) is 0 Å². The fraction of sp³-hybridized carbons (Fsp3) is 0.0833. The highest BCUT2D eigenvalue weighted by molar-refractivity contribution is 7.85. The second kappa shape index (κ2) is 7.92. The number of rotatable bonds is 3. The Balaban J connectivity index is 1.67. The molecule has 0 amide bonds. The molecule has 7 heteroatoms. The monoisotopic (exact) mass is 431 g/mol. The predicted molar refractivity (Wildman–Crippen MR) is 119 cm³/mol. The molecule has 1 unspecified atom stereocenters. The topological polar surface area (TPSA) is 78.3 Å². The average molecular weight is 431 g/mol. The van der Waals surface area contributed by atoms with Crippen LogP contribution in [0.5, 0.6) is 0 Å². The van der Waals surface area contributed by atoms with Gasteiger partial charge in [-0.25, -0.2) is 4.39 Å². The maximum absolute atomic E-state index is 13.5. The lowest BCUT2D eigenvalue weighted by Gasteiger charge is -2.17. The zero-order chi connectivity index (χ0) is 21.4. The molecular formula is C24H18FN3O2S. The summed E-state index contributed by atoms with van der Waals surface area (Å²) in [6.45, 7) is 0. The molecule has 0 saturated heterocycles. The molecule has 4 aromatic rings. The van der Waals surface area contributed by atoms with E-state index in [1.807, 2.05) is 36.4 Å². The SMILES string of the molecule is O=S1CC/C(=N\O)c2cc(-c3cc(-c4ccncc4)c(-c4ccc(F)cc4)[nH]3)ccc21. The van der Waals surface area contributed by atoms with Gasteiger partial charge in [-0.1, -0.05) is 11.2 Å². The van der Waals surface area contributed by atoms with Crippen molar-refractivity contribution < 1.29 is 13.8 Å². The standard InChI is InChI=1S/C24H18FN3O2S/c25-18-4-1-16(2-5-18)24-19(15-7-10-26-11-8-15)14-22(27-24)17-3-6-23-20(13-17)21(28-29)9-12-31(23)30/h1-8,10-11,13-14,27,29H,9,12H2/b28-21+. The number of hydrogen-bond acceptors (Lipinski definition) is 4. The molecule has 5 rings (SSSR count). The summed E-state index contributed by atoms with van der Waals surface area (Å²) in [5, 5.41) is 12.8. The zero-order valence-corrected chi connectivity index (χ0v) is 17.2. The van der Waals surface area contributed by atoms with Gasteiger partial charge in [0.15, 0.2) is 0 Å². The van der Waals surface area contributed by atoms with Crippen LogP contribution in [0.2, 0.25) is 0 Å². The summed E-state index contributed by atoms with van der Waals surface area (Å²) < 4.78 is 25.9. The molecule has 3 heterocycles. The number of nitrogens with one attached hydrogen (secondary N) is 1. The van der Waals surface area contributed by atoms with Crippen LogP contribution in [0.25, 0.3) is 33.6 Å². The molecule has 2 aromatic carbocycles. The lowest BCUT2D eigenvalue weighted by molar-refractivity contribution is 0.318. The van der Waals surface area contributed by atoms with E-state index < -0.39 is 10.8 Å². The van der Waals surface area contributed by atoms with Crippen molar-refractivity contribution >= 4 is 16.5 Å². The minimum atomic E-state index is -1.11. The molecule has 0 radical (unpaired) electrons. The van der Waals surface area contributed by atoms with E-state index in [0.29, 0.717) is 28.3 Å². The molecule has 0 fully saturated rings. The Bertz CT molecular complexity index is 1310. The summed E-state index contributed by atoms with van der Waals surface area (Å²) in [7, 11) is -1.11. The molecule has 2 aromatic heterocycles. The molecule has 0 spiro atoms. The first-order chi connectivity index (χ1) is 15.1. The summed E-state index contributed by atoms with van der Waals surface area (Å²) in [5.41, 5.74) is 6.62. The number of benzene rings is 2. The second-order valence-electron chi connectivity index (χ2n) is 7.27. The molecule has 5 nitrogen and oxygen atoms in total. The molecule has 1 aliphatic rings. The van der Waals surface area contributed by atoms with Gasteiger partial charge in [-0.15, -0.1) is 0 Å². The third-order valence-corrected chi connectivity index (χ3v) is 6.86. The van der Waals surface area contributed by atoms with Crippen molar-refractivity contribution in [1.82, 2.24) is 9.97 Å². The van der Waals surface area contributed by atoms with Gasteiger partial charge in [-0.05, 0) is 71.3 Å². The minimum Gasteiger partial charge on any atom is -0.411 e. The molecule has 0 saturated carbocycles. The number of fused-ring (bicyclic) bond motifs is 1. The smallest absolute Gasteiger partial charge is 0.123 e. The van der Waals surface area contributed by atoms with Gasteiger partial charge in [0, 0.05) is 46.3 Å². The molecule has 0 bridgehead atoms. The maximum Gasteiger partial charge on any atom is 0.123 e.